The third-order valence-electron chi connectivity index (χ3n) is 3.41. The maximum Gasteiger partial charge on any atom is 0.302 e. The molecular formula is C14H19NO4S. The Morgan fingerprint density at radius 3 is 2.50 bits per heavy atom. The van der Waals surface area contributed by atoms with Crippen molar-refractivity contribution in [1.29, 1.82) is 0 Å². The smallest absolute Gasteiger partial charge is 0.302 e. The van der Waals surface area contributed by atoms with E-state index < -0.39 is 10.0 Å². The van der Waals surface area contributed by atoms with Crippen LogP contribution in [0.5, 0.6) is 0 Å². The minimum absolute atomic E-state index is 0.233. The molecule has 5 nitrogen and oxygen atoms in total. The average Bonchev–Trinajstić information content (AvgIpc) is 2.75. The molecule has 0 amide bonds. The zero-order valence-electron chi connectivity index (χ0n) is 11.6. The zero-order chi connectivity index (χ0) is 14.8. The molecule has 1 fully saturated rings. The highest BCUT2D eigenvalue weighted by molar-refractivity contribution is 7.89. The molecule has 0 aromatic heterocycles. The molecule has 0 spiro atoms. The number of hydrogen-bond donors (Lipinski definition) is 1. The van der Waals surface area contributed by atoms with Crippen molar-refractivity contribution in [1.82, 2.24) is 4.72 Å². The molecule has 1 aliphatic rings. The fraction of sp³-hybridized carbons (Fsp3) is 0.500. The number of benzene rings is 1. The van der Waals surface area contributed by atoms with E-state index in [0.29, 0.717) is 12.8 Å². The van der Waals surface area contributed by atoms with Crippen LogP contribution in [-0.4, -0.2) is 26.5 Å². The van der Waals surface area contributed by atoms with Gasteiger partial charge in [-0.05, 0) is 38.3 Å². The molecule has 1 aliphatic carbocycles. The van der Waals surface area contributed by atoms with E-state index in [1.165, 1.54) is 6.92 Å². The number of hydrogen-bond acceptors (Lipinski definition) is 4. The lowest BCUT2D eigenvalue weighted by Gasteiger charge is -2.20. The number of carbonyl (C=O) groups excluding carboxylic acids is 1. The molecule has 0 aliphatic heterocycles. The van der Waals surface area contributed by atoms with Crippen molar-refractivity contribution < 1.29 is 17.9 Å². The molecule has 1 aromatic rings. The Labute approximate surface area is 119 Å². The second-order valence-corrected chi connectivity index (χ2v) is 6.83. The van der Waals surface area contributed by atoms with Gasteiger partial charge >= 0.3 is 5.97 Å². The monoisotopic (exact) mass is 297 g/mol. The molecule has 1 saturated carbocycles. The summed E-state index contributed by atoms with van der Waals surface area (Å²) in [4.78, 5) is 11.3. The average molecular weight is 297 g/mol. The number of ether oxygens (including phenoxy) is 1. The van der Waals surface area contributed by atoms with Crippen molar-refractivity contribution in [2.24, 2.45) is 0 Å². The van der Waals surface area contributed by atoms with Crippen LogP contribution in [-0.2, 0) is 19.6 Å². The summed E-state index contributed by atoms with van der Waals surface area (Å²) in [6.45, 7) is 3.24. The van der Waals surface area contributed by atoms with Gasteiger partial charge in [-0.25, -0.2) is 13.1 Å². The Balaban J connectivity index is 2.11. The highest BCUT2D eigenvalue weighted by Gasteiger charge is 2.33. The maximum atomic E-state index is 12.3. The van der Waals surface area contributed by atoms with Crippen molar-refractivity contribution >= 4 is 16.0 Å². The maximum absolute atomic E-state index is 12.3. The predicted octanol–water partition coefficient (Wildman–Crippen LogP) is 1.76. The number of rotatable bonds is 4. The standard InChI is InChI=1S/C14H19NO4S/c1-10-6-8-12(9-7-10)20(17,18)15-13-4-3-5-14(13)19-11(2)16/h6-9,13-15H,3-5H2,1-2H3/t13-,14-/m0/s1. The van der Waals surface area contributed by atoms with E-state index in [1.807, 2.05) is 6.92 Å². The summed E-state index contributed by atoms with van der Waals surface area (Å²) in [5.74, 6) is -0.378. The van der Waals surface area contributed by atoms with Crippen molar-refractivity contribution in [3.05, 3.63) is 29.8 Å². The van der Waals surface area contributed by atoms with Crippen molar-refractivity contribution in [3.63, 3.8) is 0 Å². The summed E-state index contributed by atoms with van der Waals surface area (Å²) in [5.41, 5.74) is 1.00. The van der Waals surface area contributed by atoms with Crippen LogP contribution >= 0.6 is 0 Å². The van der Waals surface area contributed by atoms with Gasteiger partial charge in [-0.1, -0.05) is 17.7 Å². The quantitative estimate of drug-likeness (QED) is 0.860. The van der Waals surface area contributed by atoms with Crippen LogP contribution in [0.25, 0.3) is 0 Å². The summed E-state index contributed by atoms with van der Waals surface area (Å²) in [5, 5.41) is 0. The molecule has 2 atom stereocenters. The van der Waals surface area contributed by atoms with Gasteiger partial charge in [0.1, 0.15) is 6.10 Å². The van der Waals surface area contributed by atoms with E-state index >= 15 is 0 Å². The Kier molecular flexibility index (Phi) is 4.45. The molecule has 0 bridgehead atoms. The van der Waals surface area contributed by atoms with E-state index in [9.17, 15) is 13.2 Å². The SMILES string of the molecule is CC(=O)O[C@H]1CCC[C@@H]1NS(=O)(=O)c1ccc(C)cc1. The third kappa shape index (κ3) is 3.58. The van der Waals surface area contributed by atoms with Gasteiger partial charge in [0, 0.05) is 6.92 Å². The Hall–Kier alpha value is -1.40. The highest BCUT2D eigenvalue weighted by atomic mass is 32.2. The number of carbonyl (C=O) groups is 1. The van der Waals surface area contributed by atoms with Gasteiger partial charge < -0.3 is 4.74 Å². The third-order valence-corrected chi connectivity index (χ3v) is 4.91. The van der Waals surface area contributed by atoms with E-state index in [0.717, 1.165) is 12.0 Å². The van der Waals surface area contributed by atoms with Gasteiger partial charge in [0.05, 0.1) is 10.9 Å². The zero-order valence-corrected chi connectivity index (χ0v) is 12.4. The van der Waals surface area contributed by atoms with E-state index in [4.69, 9.17) is 4.74 Å². The summed E-state index contributed by atoms with van der Waals surface area (Å²) in [6.07, 6.45) is 1.86. The molecule has 0 heterocycles. The molecule has 0 saturated heterocycles. The van der Waals surface area contributed by atoms with Gasteiger partial charge in [-0.3, -0.25) is 4.79 Å². The molecule has 1 N–H and O–H groups in total. The fourth-order valence-corrected chi connectivity index (χ4v) is 3.70. The molecule has 110 valence electrons. The molecule has 2 rings (SSSR count). The van der Waals surface area contributed by atoms with E-state index in [2.05, 4.69) is 4.72 Å². The van der Waals surface area contributed by atoms with Gasteiger partial charge in [0.25, 0.3) is 0 Å². The van der Waals surface area contributed by atoms with Crippen LogP contribution in [0, 0.1) is 6.92 Å². The number of nitrogens with one attached hydrogen (secondary N) is 1. The minimum Gasteiger partial charge on any atom is -0.461 e. The molecule has 0 radical (unpaired) electrons. The highest BCUT2D eigenvalue weighted by Crippen LogP contribution is 2.24. The fourth-order valence-electron chi connectivity index (χ4n) is 2.40. The Morgan fingerprint density at radius 1 is 1.25 bits per heavy atom. The normalized spacial score (nSPS) is 22.7. The first-order chi connectivity index (χ1) is 9.38. The molecule has 6 heteroatoms. The first-order valence-electron chi connectivity index (χ1n) is 6.65. The predicted molar refractivity (Wildman–Crippen MR) is 74.7 cm³/mol. The Morgan fingerprint density at radius 2 is 1.90 bits per heavy atom. The summed E-state index contributed by atoms with van der Waals surface area (Å²) in [6, 6.07) is 6.32. The molecule has 1 aromatic carbocycles. The first kappa shape index (κ1) is 15.0. The second-order valence-electron chi connectivity index (χ2n) is 5.12. The largest absolute Gasteiger partial charge is 0.461 e. The van der Waals surface area contributed by atoms with Crippen LogP contribution in [0.2, 0.25) is 0 Å². The Bertz CT molecular complexity index is 580. The summed E-state index contributed by atoms with van der Waals surface area (Å²) in [7, 11) is -3.57. The van der Waals surface area contributed by atoms with E-state index in [-0.39, 0.29) is 23.0 Å². The van der Waals surface area contributed by atoms with Gasteiger partial charge in [0.15, 0.2) is 0 Å². The van der Waals surface area contributed by atoms with E-state index in [1.54, 1.807) is 24.3 Å². The lowest BCUT2D eigenvalue weighted by molar-refractivity contribution is -0.146. The van der Waals surface area contributed by atoms with Crippen molar-refractivity contribution in [2.45, 2.75) is 50.2 Å². The lowest BCUT2D eigenvalue weighted by atomic mass is 10.2. The molecule has 20 heavy (non-hydrogen) atoms. The summed E-state index contributed by atoms with van der Waals surface area (Å²) >= 11 is 0. The van der Waals surface area contributed by atoms with Crippen LogP contribution < -0.4 is 4.72 Å². The first-order valence-corrected chi connectivity index (χ1v) is 8.13. The molecular weight excluding hydrogens is 278 g/mol. The number of esters is 1. The van der Waals surface area contributed by atoms with Crippen molar-refractivity contribution in [2.75, 3.05) is 0 Å². The minimum atomic E-state index is -3.57. The van der Waals surface area contributed by atoms with Gasteiger partial charge in [0.2, 0.25) is 10.0 Å². The topological polar surface area (TPSA) is 72.5 Å². The number of aryl methyl sites for hydroxylation is 1. The second kappa shape index (κ2) is 5.93. The molecule has 0 unspecified atom stereocenters. The lowest BCUT2D eigenvalue weighted by Crippen LogP contribution is -2.41. The number of sulfonamides is 1. The van der Waals surface area contributed by atoms with Gasteiger partial charge in [-0.15, -0.1) is 0 Å². The van der Waals surface area contributed by atoms with Crippen LogP contribution in [0.15, 0.2) is 29.2 Å². The van der Waals surface area contributed by atoms with Crippen molar-refractivity contribution in [3.8, 4) is 0 Å². The van der Waals surface area contributed by atoms with Crippen LogP contribution in [0.4, 0.5) is 0 Å². The van der Waals surface area contributed by atoms with Crippen LogP contribution in [0.1, 0.15) is 31.7 Å². The summed E-state index contributed by atoms with van der Waals surface area (Å²) < 4.78 is 32.4. The van der Waals surface area contributed by atoms with Crippen LogP contribution in [0.3, 0.4) is 0 Å². The van der Waals surface area contributed by atoms with Gasteiger partial charge in [-0.2, -0.15) is 0 Å².